The molecule has 1 atom stereocenters. The molecule has 1 aromatic carbocycles. The normalized spacial score (nSPS) is 18.9. The second kappa shape index (κ2) is 7.44. The molecule has 1 saturated heterocycles. The molecule has 2 heterocycles. The van der Waals surface area contributed by atoms with Crippen molar-refractivity contribution in [2.45, 2.75) is 32.2 Å². The lowest BCUT2D eigenvalue weighted by molar-refractivity contribution is -0.133. The van der Waals surface area contributed by atoms with Crippen molar-refractivity contribution < 1.29 is 14.4 Å². The van der Waals surface area contributed by atoms with Gasteiger partial charge in [-0.25, -0.2) is 4.79 Å². The summed E-state index contributed by atoms with van der Waals surface area (Å²) in [4.78, 5) is 38.5. The first-order valence-corrected chi connectivity index (χ1v) is 9.66. The van der Waals surface area contributed by atoms with Crippen molar-refractivity contribution in [3.05, 3.63) is 52.4 Å². The van der Waals surface area contributed by atoms with Gasteiger partial charge in [-0.3, -0.25) is 14.5 Å². The Morgan fingerprint density at radius 3 is 2.57 bits per heavy atom. The predicted molar refractivity (Wildman–Crippen MR) is 106 cm³/mol. The molecule has 144 valence electrons. The second-order valence-electron chi connectivity index (χ2n) is 7.05. The summed E-state index contributed by atoms with van der Waals surface area (Å²) in [5, 5.41) is 16.4. The number of imide groups is 1. The van der Waals surface area contributed by atoms with Crippen molar-refractivity contribution in [2.24, 2.45) is 0 Å². The molecule has 0 bridgehead atoms. The molecule has 0 saturated carbocycles. The fourth-order valence-electron chi connectivity index (χ4n) is 3.04. The van der Waals surface area contributed by atoms with Crippen LogP contribution in [0.4, 0.5) is 9.80 Å². The lowest BCUT2D eigenvalue weighted by Gasteiger charge is -2.22. The molecule has 1 aromatic heterocycles. The highest BCUT2D eigenvalue weighted by molar-refractivity contribution is 7.14. The second-order valence-corrected chi connectivity index (χ2v) is 7.96. The smallest absolute Gasteiger partial charge is 0.319 e. The summed E-state index contributed by atoms with van der Waals surface area (Å²) in [5.41, 5.74) is 0.895. The Morgan fingerprint density at radius 2 is 1.96 bits per heavy atom. The van der Waals surface area contributed by atoms with Crippen molar-refractivity contribution in [3.8, 4) is 6.07 Å². The Bertz CT molecular complexity index is 974. The number of nitrogens with one attached hydrogen (secondary N) is 2. The molecule has 0 spiro atoms. The number of amides is 4. The molecule has 3 rings (SSSR count). The minimum absolute atomic E-state index is 0.339. The van der Waals surface area contributed by atoms with Gasteiger partial charge in [-0.15, -0.1) is 11.3 Å². The molecule has 1 aliphatic rings. The molecule has 8 heteroatoms. The van der Waals surface area contributed by atoms with Gasteiger partial charge in [0.25, 0.3) is 5.91 Å². The van der Waals surface area contributed by atoms with Crippen molar-refractivity contribution in [1.82, 2.24) is 10.2 Å². The molecule has 1 fully saturated rings. The molecule has 0 unspecified atom stereocenters. The van der Waals surface area contributed by atoms with E-state index in [9.17, 15) is 14.4 Å². The molecule has 0 radical (unpaired) electrons. The van der Waals surface area contributed by atoms with Crippen LogP contribution in [0, 0.1) is 11.3 Å². The minimum atomic E-state index is -1.23. The summed E-state index contributed by atoms with van der Waals surface area (Å²) in [7, 11) is 0. The average molecular weight is 396 g/mol. The van der Waals surface area contributed by atoms with E-state index in [-0.39, 0.29) is 0 Å². The molecular formula is C20H20N4O3S. The predicted octanol–water partition coefficient (Wildman–Crippen LogP) is 3.15. The van der Waals surface area contributed by atoms with E-state index in [2.05, 4.69) is 24.5 Å². The third-order valence-corrected chi connectivity index (χ3v) is 5.60. The number of carbonyl (C=O) groups is 3. The van der Waals surface area contributed by atoms with Crippen molar-refractivity contribution >= 4 is 34.2 Å². The Kier molecular flexibility index (Phi) is 5.21. The molecule has 28 heavy (non-hydrogen) atoms. The monoisotopic (exact) mass is 396 g/mol. The number of benzene rings is 1. The van der Waals surface area contributed by atoms with E-state index >= 15 is 0 Å². The summed E-state index contributed by atoms with van der Waals surface area (Å²) in [5.74, 6) is -0.676. The van der Waals surface area contributed by atoms with Crippen molar-refractivity contribution in [2.75, 3.05) is 11.9 Å². The minimum Gasteiger partial charge on any atom is -0.319 e. The summed E-state index contributed by atoms with van der Waals surface area (Å²) in [6, 6.07) is 10.4. The zero-order valence-corrected chi connectivity index (χ0v) is 16.6. The third kappa shape index (κ3) is 3.49. The fraction of sp³-hybridized carbons (Fsp3) is 0.300. The van der Waals surface area contributed by atoms with Crippen LogP contribution in [0.15, 0.2) is 35.7 Å². The molecule has 0 aliphatic carbocycles. The highest BCUT2D eigenvalue weighted by atomic mass is 32.1. The number of carbonyl (C=O) groups excluding carboxylic acids is 3. The number of thiophene rings is 1. The van der Waals surface area contributed by atoms with Gasteiger partial charge in [0, 0.05) is 0 Å². The maximum Gasteiger partial charge on any atom is 0.325 e. The van der Waals surface area contributed by atoms with Gasteiger partial charge in [-0.1, -0.05) is 38.1 Å². The zero-order valence-electron chi connectivity index (χ0n) is 15.8. The summed E-state index contributed by atoms with van der Waals surface area (Å²) in [6.07, 6.45) is 0. The van der Waals surface area contributed by atoms with E-state index in [0.29, 0.717) is 22.0 Å². The van der Waals surface area contributed by atoms with Crippen LogP contribution in [0.5, 0.6) is 0 Å². The van der Waals surface area contributed by atoms with E-state index in [0.717, 1.165) is 10.5 Å². The highest BCUT2D eigenvalue weighted by Crippen LogP contribution is 2.30. The standard InChI is InChI=1S/C20H20N4O3S/c1-12(2)13-4-6-15(7-5-13)20(3)18(26)24(19(27)23-20)11-16(25)22-17-14(10-21)8-9-28-17/h4-9,12H,11H2,1-3H3,(H,22,25)(H,23,27)/t20-/m1/s1. The number of anilines is 1. The first-order chi connectivity index (χ1) is 13.3. The van der Waals surface area contributed by atoms with E-state index in [4.69, 9.17) is 5.26 Å². The number of rotatable bonds is 5. The maximum absolute atomic E-state index is 12.9. The van der Waals surface area contributed by atoms with Gasteiger partial charge >= 0.3 is 6.03 Å². The van der Waals surface area contributed by atoms with Gasteiger partial charge in [0.2, 0.25) is 5.91 Å². The molecule has 2 aromatic rings. The number of nitrogens with zero attached hydrogens (tertiary/aromatic N) is 2. The van der Waals surface area contributed by atoms with Crippen LogP contribution in [0.2, 0.25) is 0 Å². The van der Waals surface area contributed by atoms with E-state index in [1.165, 1.54) is 11.3 Å². The summed E-state index contributed by atoms with van der Waals surface area (Å²) >= 11 is 1.20. The molecule has 1 aliphatic heterocycles. The van der Waals surface area contributed by atoms with Crippen LogP contribution in [-0.4, -0.2) is 29.3 Å². The highest BCUT2D eigenvalue weighted by Gasteiger charge is 2.49. The molecular weight excluding hydrogens is 376 g/mol. The summed E-state index contributed by atoms with van der Waals surface area (Å²) in [6.45, 7) is 5.35. The van der Waals surface area contributed by atoms with Crippen LogP contribution in [-0.2, 0) is 15.1 Å². The van der Waals surface area contributed by atoms with Gasteiger partial charge in [0.05, 0.1) is 5.56 Å². The zero-order chi connectivity index (χ0) is 20.5. The Balaban J connectivity index is 1.75. The van der Waals surface area contributed by atoms with E-state index in [1.54, 1.807) is 18.4 Å². The van der Waals surface area contributed by atoms with Crippen LogP contribution >= 0.6 is 11.3 Å². The quantitative estimate of drug-likeness (QED) is 0.758. The molecule has 7 nitrogen and oxygen atoms in total. The third-order valence-electron chi connectivity index (χ3n) is 4.77. The number of nitriles is 1. The van der Waals surface area contributed by atoms with E-state index < -0.39 is 29.9 Å². The first-order valence-electron chi connectivity index (χ1n) is 8.78. The lowest BCUT2D eigenvalue weighted by atomic mass is 9.90. The molecule has 4 amide bonds. The number of urea groups is 1. The Hall–Kier alpha value is -3.18. The molecule has 2 N–H and O–H groups in total. The van der Waals surface area contributed by atoms with Gasteiger partial charge in [-0.2, -0.15) is 5.26 Å². The van der Waals surface area contributed by atoms with Crippen molar-refractivity contribution in [3.63, 3.8) is 0 Å². The Morgan fingerprint density at radius 1 is 1.29 bits per heavy atom. The SMILES string of the molecule is CC(C)c1ccc([C@@]2(C)NC(=O)N(CC(=O)Nc3sccc3C#N)C2=O)cc1. The van der Waals surface area contributed by atoms with Crippen LogP contribution < -0.4 is 10.6 Å². The topological polar surface area (TPSA) is 102 Å². The summed E-state index contributed by atoms with van der Waals surface area (Å²) < 4.78 is 0. The largest absolute Gasteiger partial charge is 0.325 e. The van der Waals surface area contributed by atoms with Gasteiger partial charge in [-0.05, 0) is 35.4 Å². The van der Waals surface area contributed by atoms with Gasteiger partial charge in [0.15, 0.2) is 0 Å². The first kappa shape index (κ1) is 19.6. The Labute approximate surface area is 167 Å². The van der Waals surface area contributed by atoms with Crippen LogP contribution in [0.25, 0.3) is 0 Å². The van der Waals surface area contributed by atoms with Crippen LogP contribution in [0.1, 0.15) is 43.4 Å². The number of hydrogen-bond donors (Lipinski definition) is 2. The average Bonchev–Trinajstić information content (AvgIpc) is 3.20. The number of hydrogen-bond acceptors (Lipinski definition) is 5. The fourth-order valence-corrected chi connectivity index (χ4v) is 3.80. The van der Waals surface area contributed by atoms with Gasteiger partial charge < -0.3 is 10.6 Å². The maximum atomic E-state index is 12.9. The van der Waals surface area contributed by atoms with Gasteiger partial charge in [0.1, 0.15) is 23.2 Å². The van der Waals surface area contributed by atoms with E-state index in [1.807, 2.05) is 30.3 Å². The van der Waals surface area contributed by atoms with Crippen LogP contribution in [0.3, 0.4) is 0 Å². The lowest BCUT2D eigenvalue weighted by Crippen LogP contribution is -2.42. The van der Waals surface area contributed by atoms with Crippen molar-refractivity contribution in [1.29, 1.82) is 5.26 Å².